The van der Waals surface area contributed by atoms with E-state index in [9.17, 15) is 4.79 Å². The molecule has 1 aromatic carbocycles. The average Bonchev–Trinajstić information content (AvgIpc) is 2.96. The number of nitrogens with two attached hydrogens (primary N) is 1. The third-order valence-corrected chi connectivity index (χ3v) is 5.08. The first-order valence-electron chi connectivity index (χ1n) is 7.82. The molecule has 2 unspecified atom stereocenters. The van der Waals surface area contributed by atoms with Gasteiger partial charge in [-0.15, -0.1) is 0 Å². The van der Waals surface area contributed by atoms with E-state index in [4.69, 9.17) is 5.73 Å². The van der Waals surface area contributed by atoms with Crippen LogP contribution in [0.1, 0.15) is 37.3 Å². The number of hydrogen-bond acceptors (Lipinski definition) is 2. The molecule has 3 rings (SSSR count). The Morgan fingerprint density at radius 1 is 1.25 bits per heavy atom. The van der Waals surface area contributed by atoms with E-state index in [-0.39, 0.29) is 0 Å². The molecule has 20 heavy (non-hydrogen) atoms. The first-order chi connectivity index (χ1) is 9.76. The molecule has 0 bridgehead atoms. The van der Waals surface area contributed by atoms with Crippen molar-refractivity contribution in [2.75, 3.05) is 6.54 Å². The summed E-state index contributed by atoms with van der Waals surface area (Å²) in [5.41, 5.74) is 8.13. The van der Waals surface area contributed by atoms with Crippen molar-refractivity contribution < 1.29 is 4.79 Å². The van der Waals surface area contributed by atoms with Gasteiger partial charge in [0.2, 0.25) is 5.91 Å². The molecule has 3 heteroatoms. The molecule has 0 spiro atoms. The SMILES string of the molecule is CCN(Cc1ccccc1CN)C(=O)C1C2CCCC21. The predicted molar refractivity (Wildman–Crippen MR) is 79.7 cm³/mol. The summed E-state index contributed by atoms with van der Waals surface area (Å²) >= 11 is 0. The van der Waals surface area contributed by atoms with Crippen molar-refractivity contribution >= 4 is 5.91 Å². The molecule has 0 aromatic heterocycles. The van der Waals surface area contributed by atoms with Gasteiger partial charge in [0, 0.05) is 25.6 Å². The van der Waals surface area contributed by atoms with Gasteiger partial charge < -0.3 is 10.6 Å². The Balaban J connectivity index is 1.69. The Morgan fingerprint density at radius 2 is 1.90 bits per heavy atom. The van der Waals surface area contributed by atoms with Crippen LogP contribution in [-0.4, -0.2) is 17.4 Å². The molecule has 2 saturated carbocycles. The summed E-state index contributed by atoms with van der Waals surface area (Å²) in [4.78, 5) is 14.7. The minimum Gasteiger partial charge on any atom is -0.338 e. The summed E-state index contributed by atoms with van der Waals surface area (Å²) in [5.74, 6) is 2.09. The van der Waals surface area contributed by atoms with Crippen molar-refractivity contribution in [3.05, 3.63) is 35.4 Å². The number of benzene rings is 1. The Morgan fingerprint density at radius 3 is 2.50 bits per heavy atom. The number of fused-ring (bicyclic) bond motifs is 1. The molecule has 3 nitrogen and oxygen atoms in total. The third-order valence-electron chi connectivity index (χ3n) is 5.08. The number of carbonyl (C=O) groups is 1. The van der Waals surface area contributed by atoms with Crippen LogP contribution in [0.3, 0.4) is 0 Å². The summed E-state index contributed by atoms with van der Waals surface area (Å²) in [6.45, 7) is 4.10. The highest BCUT2D eigenvalue weighted by atomic mass is 16.2. The molecule has 1 aromatic rings. The van der Waals surface area contributed by atoms with Crippen LogP contribution in [0.2, 0.25) is 0 Å². The van der Waals surface area contributed by atoms with Gasteiger partial charge in [-0.3, -0.25) is 4.79 Å². The largest absolute Gasteiger partial charge is 0.338 e. The van der Waals surface area contributed by atoms with Crippen LogP contribution in [0.25, 0.3) is 0 Å². The molecule has 0 heterocycles. The molecule has 0 aliphatic heterocycles. The van der Waals surface area contributed by atoms with Crippen molar-refractivity contribution in [3.63, 3.8) is 0 Å². The zero-order chi connectivity index (χ0) is 14.1. The second-order valence-corrected chi connectivity index (χ2v) is 6.11. The fourth-order valence-electron chi connectivity index (χ4n) is 3.86. The summed E-state index contributed by atoms with van der Waals surface area (Å²) in [5, 5.41) is 0. The summed E-state index contributed by atoms with van der Waals surface area (Å²) in [6, 6.07) is 8.18. The fraction of sp³-hybridized carbons (Fsp3) is 0.588. The molecule has 2 atom stereocenters. The van der Waals surface area contributed by atoms with Crippen LogP contribution < -0.4 is 5.73 Å². The summed E-state index contributed by atoms with van der Waals surface area (Å²) in [6.07, 6.45) is 3.84. The molecule has 2 aliphatic rings. The maximum Gasteiger partial charge on any atom is 0.226 e. The van der Waals surface area contributed by atoms with Gasteiger partial charge in [-0.05, 0) is 42.7 Å². The Kier molecular flexibility index (Phi) is 3.79. The minimum atomic E-state index is 0.328. The van der Waals surface area contributed by atoms with Crippen LogP contribution >= 0.6 is 0 Å². The van der Waals surface area contributed by atoms with E-state index in [2.05, 4.69) is 19.1 Å². The van der Waals surface area contributed by atoms with Crippen LogP contribution in [-0.2, 0) is 17.9 Å². The topological polar surface area (TPSA) is 46.3 Å². The lowest BCUT2D eigenvalue weighted by molar-refractivity contribution is -0.133. The van der Waals surface area contributed by atoms with Gasteiger partial charge in [0.15, 0.2) is 0 Å². The Hall–Kier alpha value is -1.35. The summed E-state index contributed by atoms with van der Waals surface area (Å²) < 4.78 is 0. The highest BCUT2D eigenvalue weighted by Crippen LogP contribution is 2.58. The van der Waals surface area contributed by atoms with Crippen molar-refractivity contribution in [3.8, 4) is 0 Å². The second kappa shape index (κ2) is 5.57. The Bertz CT molecular complexity index is 490. The van der Waals surface area contributed by atoms with E-state index in [0.717, 1.165) is 12.1 Å². The van der Waals surface area contributed by atoms with Crippen molar-refractivity contribution in [1.29, 1.82) is 0 Å². The highest BCUT2D eigenvalue weighted by Gasteiger charge is 2.57. The van der Waals surface area contributed by atoms with Crippen molar-refractivity contribution in [2.24, 2.45) is 23.5 Å². The zero-order valence-electron chi connectivity index (χ0n) is 12.2. The lowest BCUT2D eigenvalue weighted by atomic mass is 10.1. The third kappa shape index (κ3) is 2.35. The number of amides is 1. The van der Waals surface area contributed by atoms with Gasteiger partial charge in [0.25, 0.3) is 0 Å². The van der Waals surface area contributed by atoms with Crippen LogP contribution in [0.5, 0.6) is 0 Å². The van der Waals surface area contributed by atoms with Gasteiger partial charge in [-0.1, -0.05) is 30.7 Å². The maximum atomic E-state index is 12.6. The highest BCUT2D eigenvalue weighted by molar-refractivity contribution is 5.82. The zero-order valence-corrected chi connectivity index (χ0v) is 12.2. The van der Waals surface area contributed by atoms with Gasteiger partial charge in [-0.2, -0.15) is 0 Å². The summed E-state index contributed by atoms with van der Waals surface area (Å²) in [7, 11) is 0. The lowest BCUT2D eigenvalue weighted by Gasteiger charge is -2.23. The smallest absolute Gasteiger partial charge is 0.226 e. The number of hydrogen-bond donors (Lipinski definition) is 1. The van der Waals surface area contributed by atoms with Crippen molar-refractivity contribution in [2.45, 2.75) is 39.3 Å². The number of carbonyl (C=O) groups excluding carboxylic acids is 1. The number of rotatable bonds is 5. The van der Waals surface area contributed by atoms with E-state index in [1.54, 1.807) is 0 Å². The monoisotopic (exact) mass is 272 g/mol. The van der Waals surface area contributed by atoms with E-state index in [1.165, 1.54) is 24.8 Å². The fourth-order valence-corrected chi connectivity index (χ4v) is 3.86. The van der Waals surface area contributed by atoms with E-state index in [1.807, 2.05) is 17.0 Å². The van der Waals surface area contributed by atoms with Gasteiger partial charge >= 0.3 is 0 Å². The van der Waals surface area contributed by atoms with E-state index >= 15 is 0 Å². The molecule has 108 valence electrons. The molecule has 2 fully saturated rings. The van der Waals surface area contributed by atoms with E-state index < -0.39 is 0 Å². The molecular formula is C17H24N2O. The van der Waals surface area contributed by atoms with Gasteiger partial charge in [0.1, 0.15) is 0 Å². The second-order valence-electron chi connectivity index (χ2n) is 6.11. The van der Waals surface area contributed by atoms with Crippen LogP contribution in [0, 0.1) is 17.8 Å². The molecule has 2 aliphatic carbocycles. The van der Waals surface area contributed by atoms with Gasteiger partial charge in [0.05, 0.1) is 0 Å². The maximum absolute atomic E-state index is 12.6. The lowest BCUT2D eigenvalue weighted by Crippen LogP contribution is -2.33. The average molecular weight is 272 g/mol. The molecule has 2 N–H and O–H groups in total. The molecule has 0 saturated heterocycles. The quantitative estimate of drug-likeness (QED) is 0.895. The minimum absolute atomic E-state index is 0.328. The molecule has 0 radical (unpaired) electrons. The normalized spacial score (nSPS) is 27.2. The number of nitrogens with zero attached hydrogens (tertiary/aromatic N) is 1. The van der Waals surface area contributed by atoms with Crippen LogP contribution in [0.15, 0.2) is 24.3 Å². The molecular weight excluding hydrogens is 248 g/mol. The van der Waals surface area contributed by atoms with Gasteiger partial charge in [-0.25, -0.2) is 0 Å². The van der Waals surface area contributed by atoms with Crippen LogP contribution in [0.4, 0.5) is 0 Å². The van der Waals surface area contributed by atoms with E-state index in [0.29, 0.717) is 36.8 Å². The standard InChI is InChI=1S/C17H24N2O/c1-2-19(11-13-7-4-3-6-12(13)10-18)17(20)16-14-8-5-9-15(14)16/h3-4,6-7,14-16H,2,5,8-11,18H2,1H3. The first-order valence-corrected chi connectivity index (χ1v) is 7.82. The first kappa shape index (κ1) is 13.6. The predicted octanol–water partition coefficient (Wildman–Crippen LogP) is 2.54. The van der Waals surface area contributed by atoms with Crippen molar-refractivity contribution in [1.82, 2.24) is 4.90 Å². The molecule has 1 amide bonds. The Labute approximate surface area is 121 Å².